The van der Waals surface area contributed by atoms with Crippen molar-refractivity contribution in [3.8, 4) is 11.4 Å². The number of nitrogens with zero attached hydrogens (tertiary/aromatic N) is 2. The van der Waals surface area contributed by atoms with Crippen LogP contribution in [0.2, 0.25) is 0 Å². The number of hydrogen-bond acceptors (Lipinski definition) is 4. The minimum absolute atomic E-state index is 0.142. The minimum Gasteiger partial charge on any atom is -0.381 e. The molecule has 0 saturated heterocycles. The van der Waals surface area contributed by atoms with E-state index in [9.17, 15) is 9.18 Å². The molecule has 2 N–H and O–H groups in total. The zero-order valence-corrected chi connectivity index (χ0v) is 18.6. The number of rotatable bonds is 7. The lowest BCUT2D eigenvalue weighted by Gasteiger charge is -2.12. The predicted octanol–water partition coefficient (Wildman–Crippen LogP) is 5.69. The van der Waals surface area contributed by atoms with Crippen LogP contribution in [0, 0.1) is 19.7 Å². The molecule has 0 saturated carbocycles. The lowest BCUT2D eigenvalue weighted by Crippen LogP contribution is -2.15. The topological polar surface area (TPSA) is 66.9 Å². The smallest absolute Gasteiger partial charge is 0.228 e. The van der Waals surface area contributed by atoms with Gasteiger partial charge in [0.05, 0.1) is 6.42 Å². The van der Waals surface area contributed by atoms with Crippen molar-refractivity contribution >= 4 is 17.3 Å². The second kappa shape index (κ2) is 10.0. The molecule has 3 aromatic carbocycles. The first-order valence-electron chi connectivity index (χ1n) is 10.7. The third-order valence-electron chi connectivity index (χ3n) is 5.29. The lowest BCUT2D eigenvalue weighted by atomic mass is 10.1. The number of hydrogen-bond donors (Lipinski definition) is 2. The van der Waals surface area contributed by atoms with Gasteiger partial charge in [-0.25, -0.2) is 14.4 Å². The molecular formula is C27H25FN4O. The van der Waals surface area contributed by atoms with Gasteiger partial charge in [0.1, 0.15) is 5.82 Å². The van der Waals surface area contributed by atoms with Gasteiger partial charge >= 0.3 is 0 Å². The van der Waals surface area contributed by atoms with E-state index in [1.807, 2.05) is 61.8 Å². The van der Waals surface area contributed by atoms with E-state index in [0.717, 1.165) is 33.6 Å². The number of aromatic nitrogens is 2. The van der Waals surface area contributed by atoms with Crippen molar-refractivity contribution in [2.75, 3.05) is 10.6 Å². The fourth-order valence-electron chi connectivity index (χ4n) is 3.40. The Morgan fingerprint density at radius 2 is 1.58 bits per heavy atom. The Balaban J connectivity index is 1.33. The Kier molecular flexibility index (Phi) is 6.74. The summed E-state index contributed by atoms with van der Waals surface area (Å²) in [6.07, 6.45) is 3.84. The molecule has 5 nitrogen and oxygen atoms in total. The van der Waals surface area contributed by atoms with Crippen LogP contribution in [0.3, 0.4) is 0 Å². The van der Waals surface area contributed by atoms with Crippen LogP contribution in [0.15, 0.2) is 79.1 Å². The normalized spacial score (nSPS) is 10.6. The number of aryl methyl sites for hydroxylation is 2. The van der Waals surface area contributed by atoms with E-state index in [-0.39, 0.29) is 18.1 Å². The summed E-state index contributed by atoms with van der Waals surface area (Å²) in [5.74, 6) is 0.249. The van der Waals surface area contributed by atoms with E-state index < -0.39 is 0 Å². The summed E-state index contributed by atoms with van der Waals surface area (Å²) < 4.78 is 13.0. The van der Waals surface area contributed by atoms with E-state index in [4.69, 9.17) is 0 Å². The first-order chi connectivity index (χ1) is 16.0. The Morgan fingerprint density at radius 3 is 2.24 bits per heavy atom. The van der Waals surface area contributed by atoms with Crippen molar-refractivity contribution in [1.29, 1.82) is 0 Å². The van der Waals surface area contributed by atoms with Crippen LogP contribution in [0.1, 0.15) is 22.3 Å². The molecule has 1 heterocycles. The summed E-state index contributed by atoms with van der Waals surface area (Å²) in [5, 5.41) is 6.28. The molecule has 4 aromatic rings. The van der Waals surface area contributed by atoms with Gasteiger partial charge in [-0.3, -0.25) is 4.79 Å². The zero-order chi connectivity index (χ0) is 23.2. The second-order valence-corrected chi connectivity index (χ2v) is 8.02. The van der Waals surface area contributed by atoms with E-state index in [0.29, 0.717) is 12.4 Å². The maximum atomic E-state index is 13.0. The molecule has 0 aliphatic rings. The van der Waals surface area contributed by atoms with Crippen molar-refractivity contribution in [3.05, 3.63) is 107 Å². The quantitative estimate of drug-likeness (QED) is 0.387. The monoisotopic (exact) mass is 440 g/mol. The lowest BCUT2D eigenvalue weighted by molar-refractivity contribution is -0.115. The third kappa shape index (κ3) is 6.01. The molecule has 33 heavy (non-hydrogen) atoms. The van der Waals surface area contributed by atoms with Crippen LogP contribution in [0.25, 0.3) is 11.4 Å². The van der Waals surface area contributed by atoms with Gasteiger partial charge in [0.2, 0.25) is 5.91 Å². The van der Waals surface area contributed by atoms with E-state index >= 15 is 0 Å². The zero-order valence-electron chi connectivity index (χ0n) is 18.6. The number of carbonyl (C=O) groups is 1. The number of anilines is 2. The van der Waals surface area contributed by atoms with Crippen molar-refractivity contribution in [3.63, 3.8) is 0 Å². The molecular weight excluding hydrogens is 415 g/mol. The fraction of sp³-hybridized carbons (Fsp3) is 0.148. The summed E-state index contributed by atoms with van der Waals surface area (Å²) in [6, 6.07) is 19.9. The molecule has 0 radical (unpaired) electrons. The Morgan fingerprint density at radius 1 is 0.879 bits per heavy atom. The first-order valence-corrected chi connectivity index (χ1v) is 10.7. The molecule has 0 atom stereocenters. The van der Waals surface area contributed by atoms with E-state index in [2.05, 4.69) is 27.5 Å². The molecule has 0 bridgehead atoms. The highest BCUT2D eigenvalue weighted by atomic mass is 19.1. The Bertz CT molecular complexity index is 1240. The summed E-state index contributed by atoms with van der Waals surface area (Å²) >= 11 is 0. The molecule has 1 amide bonds. The van der Waals surface area contributed by atoms with E-state index in [1.165, 1.54) is 17.7 Å². The van der Waals surface area contributed by atoms with E-state index in [1.54, 1.807) is 12.1 Å². The molecule has 0 fully saturated rings. The highest BCUT2D eigenvalue weighted by Crippen LogP contribution is 2.21. The number of amides is 1. The SMILES string of the molecule is Cc1ccc(-c2ncc(CNc3ccc(NC(=O)Cc4ccc(F)cc4)c(C)c3)cn2)cc1. The molecule has 166 valence electrons. The van der Waals surface area contributed by atoms with Crippen LogP contribution >= 0.6 is 0 Å². The van der Waals surface area contributed by atoms with Gasteiger partial charge in [0, 0.05) is 41.4 Å². The highest BCUT2D eigenvalue weighted by Gasteiger charge is 2.08. The average Bonchev–Trinajstić information content (AvgIpc) is 2.82. The minimum atomic E-state index is -0.313. The summed E-state index contributed by atoms with van der Waals surface area (Å²) in [5.41, 5.74) is 6.56. The van der Waals surface area contributed by atoms with Crippen LogP contribution in [0.5, 0.6) is 0 Å². The third-order valence-corrected chi connectivity index (χ3v) is 5.29. The summed E-state index contributed by atoms with van der Waals surface area (Å²) in [4.78, 5) is 21.3. The van der Waals surface area contributed by atoms with Crippen LogP contribution in [-0.2, 0) is 17.8 Å². The van der Waals surface area contributed by atoms with Crippen molar-refractivity contribution in [2.45, 2.75) is 26.8 Å². The van der Waals surface area contributed by atoms with Crippen LogP contribution in [0.4, 0.5) is 15.8 Å². The van der Waals surface area contributed by atoms with Gasteiger partial charge in [-0.1, -0.05) is 42.0 Å². The van der Waals surface area contributed by atoms with Crippen LogP contribution in [-0.4, -0.2) is 15.9 Å². The Hall–Kier alpha value is -4.06. The van der Waals surface area contributed by atoms with Gasteiger partial charge in [0.15, 0.2) is 5.82 Å². The number of carbonyl (C=O) groups excluding carboxylic acids is 1. The molecule has 0 aliphatic carbocycles. The van der Waals surface area contributed by atoms with Gasteiger partial charge < -0.3 is 10.6 Å². The number of halogens is 1. The summed E-state index contributed by atoms with van der Waals surface area (Å²) in [6.45, 7) is 4.58. The van der Waals surface area contributed by atoms with Crippen molar-refractivity contribution < 1.29 is 9.18 Å². The average molecular weight is 441 g/mol. The molecule has 6 heteroatoms. The standard InChI is InChI=1S/C27H25FN4O/c1-18-3-7-22(8-4-18)27-30-16-21(17-31-27)15-29-24-11-12-25(19(2)13-24)32-26(33)14-20-5-9-23(28)10-6-20/h3-13,16-17,29H,14-15H2,1-2H3,(H,32,33). The van der Waals surface area contributed by atoms with Gasteiger partial charge in [0.25, 0.3) is 0 Å². The Labute approximate surface area is 192 Å². The maximum Gasteiger partial charge on any atom is 0.228 e. The molecule has 0 spiro atoms. The molecule has 0 aliphatic heterocycles. The number of nitrogens with one attached hydrogen (secondary N) is 2. The van der Waals surface area contributed by atoms with Gasteiger partial charge in [-0.15, -0.1) is 0 Å². The first kappa shape index (κ1) is 22.1. The summed E-state index contributed by atoms with van der Waals surface area (Å²) in [7, 11) is 0. The van der Waals surface area contributed by atoms with Crippen molar-refractivity contribution in [1.82, 2.24) is 9.97 Å². The van der Waals surface area contributed by atoms with Gasteiger partial charge in [-0.05, 0) is 55.3 Å². The fourth-order valence-corrected chi connectivity index (χ4v) is 3.40. The molecule has 4 rings (SSSR count). The molecule has 0 unspecified atom stereocenters. The number of benzene rings is 3. The maximum absolute atomic E-state index is 13.0. The predicted molar refractivity (Wildman–Crippen MR) is 129 cm³/mol. The van der Waals surface area contributed by atoms with Gasteiger partial charge in [-0.2, -0.15) is 0 Å². The highest BCUT2D eigenvalue weighted by molar-refractivity contribution is 5.93. The van der Waals surface area contributed by atoms with Crippen molar-refractivity contribution in [2.24, 2.45) is 0 Å². The van der Waals surface area contributed by atoms with Crippen LogP contribution < -0.4 is 10.6 Å². The molecule has 1 aromatic heterocycles. The second-order valence-electron chi connectivity index (χ2n) is 8.02. The largest absolute Gasteiger partial charge is 0.381 e.